The Hall–Kier alpha value is -1.35. The van der Waals surface area contributed by atoms with Gasteiger partial charge in [0, 0.05) is 5.56 Å². The van der Waals surface area contributed by atoms with Crippen LogP contribution in [0.2, 0.25) is 0 Å². The lowest BCUT2D eigenvalue weighted by Crippen LogP contribution is -2.39. The zero-order valence-electron chi connectivity index (χ0n) is 21.6. The van der Waals surface area contributed by atoms with Crippen LogP contribution in [0.3, 0.4) is 0 Å². The Morgan fingerprint density at radius 1 is 0.758 bits per heavy atom. The van der Waals surface area contributed by atoms with Gasteiger partial charge >= 0.3 is 5.13 Å². The molecule has 3 rings (SSSR count). The number of rotatable bonds is 16. The molecule has 1 aromatic heterocycles. The van der Waals surface area contributed by atoms with E-state index < -0.39 is 0 Å². The number of aromatic nitrogens is 1. The van der Waals surface area contributed by atoms with E-state index in [1.165, 1.54) is 144 Å². The molecule has 0 amide bonds. The zero-order valence-corrected chi connectivity index (χ0v) is 22.4. The van der Waals surface area contributed by atoms with Crippen LogP contribution in [-0.2, 0) is 6.54 Å². The van der Waals surface area contributed by atoms with E-state index in [0.29, 0.717) is 0 Å². The van der Waals surface area contributed by atoms with Gasteiger partial charge in [-0.25, -0.2) is 4.57 Å². The minimum atomic E-state index is 1.17. The van der Waals surface area contributed by atoms with Crippen LogP contribution in [0, 0.1) is 6.92 Å². The highest BCUT2D eigenvalue weighted by atomic mass is 32.1. The van der Waals surface area contributed by atoms with Crippen LogP contribution < -0.4 is 9.47 Å². The first-order chi connectivity index (χ1) is 16.3. The standard InChI is InChI=1S/C30H49N2S/c1-3-4-5-6-7-8-9-10-11-12-13-14-15-19-24-31-25-20-21-26-32-29(27(2)33-30(31)32)28-22-17-16-18-23-28/h16-18,22-23H,3-15,19-21,24-26H2,1-2H3/q+1. The molecular weight excluding hydrogens is 420 g/mol. The van der Waals surface area contributed by atoms with E-state index in [1.807, 2.05) is 11.3 Å². The molecule has 1 aliphatic rings. The minimum Gasteiger partial charge on any atom is -0.252 e. The first kappa shape index (κ1) is 26.3. The first-order valence-corrected chi connectivity index (χ1v) is 15.0. The van der Waals surface area contributed by atoms with Crippen LogP contribution in [0.4, 0.5) is 5.13 Å². The van der Waals surface area contributed by atoms with Gasteiger partial charge in [0.1, 0.15) is 5.69 Å². The van der Waals surface area contributed by atoms with Crippen molar-refractivity contribution < 1.29 is 4.57 Å². The predicted octanol–water partition coefficient (Wildman–Crippen LogP) is 9.09. The van der Waals surface area contributed by atoms with Crippen LogP contribution in [0.1, 0.15) is 115 Å². The molecule has 184 valence electrons. The number of aryl methyl sites for hydroxylation is 1. The number of hydrogen-bond donors (Lipinski definition) is 0. The predicted molar refractivity (Wildman–Crippen MR) is 146 cm³/mol. The van der Waals surface area contributed by atoms with Crippen molar-refractivity contribution in [3.63, 3.8) is 0 Å². The second-order valence-electron chi connectivity index (χ2n) is 10.1. The van der Waals surface area contributed by atoms with Crippen molar-refractivity contribution >= 4 is 16.5 Å². The second-order valence-corrected chi connectivity index (χ2v) is 11.3. The maximum atomic E-state index is 2.69. The maximum Gasteiger partial charge on any atom is 0.336 e. The normalized spacial score (nSPS) is 13.8. The number of nitrogens with zero attached hydrogens (tertiary/aromatic N) is 2. The fourth-order valence-corrected chi connectivity index (χ4v) is 6.50. The topological polar surface area (TPSA) is 7.12 Å². The summed E-state index contributed by atoms with van der Waals surface area (Å²) >= 11 is 2.01. The molecule has 33 heavy (non-hydrogen) atoms. The van der Waals surface area contributed by atoms with E-state index in [9.17, 15) is 0 Å². The fourth-order valence-electron chi connectivity index (χ4n) is 5.30. The second kappa shape index (κ2) is 15.5. The van der Waals surface area contributed by atoms with Crippen molar-refractivity contribution in [2.45, 2.75) is 123 Å². The maximum absolute atomic E-state index is 2.69. The summed E-state index contributed by atoms with van der Waals surface area (Å²) in [7, 11) is 0. The van der Waals surface area contributed by atoms with Crippen LogP contribution in [-0.4, -0.2) is 13.1 Å². The van der Waals surface area contributed by atoms with Crippen molar-refractivity contribution in [1.29, 1.82) is 0 Å². The highest BCUT2D eigenvalue weighted by Gasteiger charge is 2.29. The summed E-state index contributed by atoms with van der Waals surface area (Å²) in [6.45, 7) is 8.23. The molecule has 0 unspecified atom stereocenters. The van der Waals surface area contributed by atoms with Gasteiger partial charge in [-0.15, -0.1) is 0 Å². The van der Waals surface area contributed by atoms with Gasteiger partial charge in [0.25, 0.3) is 0 Å². The SMILES string of the molecule is CCCCCCCCCCCCCCCCN1CCCC[n+]2c1sc(C)c2-c1ccccc1. The highest BCUT2D eigenvalue weighted by molar-refractivity contribution is 7.15. The molecule has 0 fully saturated rings. The number of thiazole rings is 1. The number of fused-ring (bicyclic) bond motifs is 1. The summed E-state index contributed by atoms with van der Waals surface area (Å²) in [5, 5.41) is 1.50. The molecule has 0 saturated carbocycles. The minimum absolute atomic E-state index is 1.17. The summed E-state index contributed by atoms with van der Waals surface area (Å²) in [6.07, 6.45) is 22.7. The molecule has 0 aliphatic carbocycles. The lowest BCUT2D eigenvalue weighted by Gasteiger charge is -2.14. The van der Waals surface area contributed by atoms with Gasteiger partial charge in [-0.2, -0.15) is 0 Å². The van der Waals surface area contributed by atoms with Gasteiger partial charge < -0.3 is 0 Å². The van der Waals surface area contributed by atoms with E-state index in [-0.39, 0.29) is 0 Å². The summed E-state index contributed by atoms with van der Waals surface area (Å²) in [5.74, 6) is 0. The van der Waals surface area contributed by atoms with Gasteiger partial charge in [-0.1, -0.05) is 126 Å². The van der Waals surface area contributed by atoms with Crippen molar-refractivity contribution in [3.8, 4) is 11.3 Å². The molecule has 2 heterocycles. The average molecular weight is 470 g/mol. The van der Waals surface area contributed by atoms with Crippen LogP contribution >= 0.6 is 11.3 Å². The Bertz CT molecular complexity index is 767. The molecule has 2 nitrogen and oxygen atoms in total. The smallest absolute Gasteiger partial charge is 0.252 e. The van der Waals surface area contributed by atoms with Crippen molar-refractivity contribution in [1.82, 2.24) is 0 Å². The molecule has 1 aromatic carbocycles. The summed E-state index contributed by atoms with van der Waals surface area (Å²) in [4.78, 5) is 4.15. The molecule has 0 saturated heterocycles. The van der Waals surface area contributed by atoms with Crippen LogP contribution in [0.5, 0.6) is 0 Å². The van der Waals surface area contributed by atoms with Crippen LogP contribution in [0.15, 0.2) is 30.3 Å². The van der Waals surface area contributed by atoms with Gasteiger partial charge in [-0.05, 0) is 32.6 Å². The highest BCUT2D eigenvalue weighted by Crippen LogP contribution is 2.32. The Morgan fingerprint density at radius 3 is 1.94 bits per heavy atom. The Kier molecular flexibility index (Phi) is 12.4. The van der Waals surface area contributed by atoms with E-state index in [1.54, 1.807) is 0 Å². The molecular formula is C30H49N2S+. The summed E-state index contributed by atoms with van der Waals surface area (Å²) < 4.78 is 2.62. The molecule has 0 N–H and O–H groups in total. The van der Waals surface area contributed by atoms with Crippen molar-refractivity contribution in [3.05, 3.63) is 35.2 Å². The van der Waals surface area contributed by atoms with Gasteiger partial charge in [0.15, 0.2) is 0 Å². The first-order valence-electron chi connectivity index (χ1n) is 14.1. The van der Waals surface area contributed by atoms with Crippen molar-refractivity contribution in [2.75, 3.05) is 18.0 Å². The molecule has 3 heteroatoms. The van der Waals surface area contributed by atoms with Gasteiger partial charge in [-0.3, -0.25) is 4.90 Å². The van der Waals surface area contributed by atoms with Crippen LogP contribution in [0.25, 0.3) is 11.3 Å². The van der Waals surface area contributed by atoms with Gasteiger partial charge in [0.05, 0.1) is 24.5 Å². The third-order valence-electron chi connectivity index (χ3n) is 7.24. The van der Waals surface area contributed by atoms with Crippen molar-refractivity contribution in [2.24, 2.45) is 0 Å². The zero-order chi connectivity index (χ0) is 23.1. The Labute approximate surface area is 208 Å². The van der Waals surface area contributed by atoms with Gasteiger partial charge in [0.2, 0.25) is 0 Å². The molecule has 0 radical (unpaired) electrons. The molecule has 0 bridgehead atoms. The molecule has 0 atom stereocenters. The Balaban J connectivity index is 1.32. The largest absolute Gasteiger partial charge is 0.336 e. The third kappa shape index (κ3) is 8.74. The van der Waals surface area contributed by atoms with E-state index in [0.717, 1.165) is 0 Å². The summed E-state index contributed by atoms with van der Waals surface area (Å²) in [6, 6.07) is 11.0. The van der Waals surface area contributed by atoms with E-state index >= 15 is 0 Å². The van der Waals surface area contributed by atoms with E-state index in [4.69, 9.17) is 0 Å². The number of hydrogen-bond acceptors (Lipinski definition) is 2. The fraction of sp³-hybridized carbons (Fsp3) is 0.700. The quantitative estimate of drug-likeness (QED) is 0.176. The third-order valence-corrected chi connectivity index (χ3v) is 8.40. The molecule has 1 aliphatic heterocycles. The Morgan fingerprint density at radius 2 is 1.33 bits per heavy atom. The number of unbranched alkanes of at least 4 members (excludes halogenated alkanes) is 13. The number of anilines is 1. The lowest BCUT2D eigenvalue weighted by atomic mass is 10.0. The average Bonchev–Trinajstić information content (AvgIpc) is 3.04. The molecule has 0 spiro atoms. The number of benzene rings is 1. The monoisotopic (exact) mass is 469 g/mol. The summed E-state index contributed by atoms with van der Waals surface area (Å²) in [5.41, 5.74) is 2.82. The van der Waals surface area contributed by atoms with E-state index in [2.05, 4.69) is 53.6 Å². The lowest BCUT2D eigenvalue weighted by molar-refractivity contribution is -0.669. The molecule has 2 aromatic rings.